The van der Waals surface area contributed by atoms with Crippen LogP contribution in [0.5, 0.6) is 0 Å². The predicted octanol–water partition coefficient (Wildman–Crippen LogP) is 1.73. The highest BCUT2D eigenvalue weighted by Gasteiger charge is 2.03. The summed E-state index contributed by atoms with van der Waals surface area (Å²) in [5.41, 5.74) is 0. The fourth-order valence-electron chi connectivity index (χ4n) is 0.985. The third-order valence-corrected chi connectivity index (χ3v) is 2.65. The highest BCUT2D eigenvalue weighted by molar-refractivity contribution is 7.99. The molecule has 1 atom stereocenters. The average molecular weight is 209 g/mol. The molecule has 14 heavy (non-hydrogen) atoms. The number of thioether (sulfide) groups is 1. The van der Waals surface area contributed by atoms with Crippen LogP contribution in [0.4, 0.5) is 0 Å². The topological polar surface area (TPSA) is 37.8 Å². The van der Waals surface area contributed by atoms with Crippen LogP contribution in [0.2, 0.25) is 0 Å². The molecule has 1 rings (SSSR count). The van der Waals surface area contributed by atoms with E-state index in [1.165, 1.54) is 0 Å². The van der Waals surface area contributed by atoms with Crippen LogP contribution in [0.25, 0.3) is 0 Å². The van der Waals surface area contributed by atoms with Gasteiger partial charge in [0.1, 0.15) is 6.33 Å². The summed E-state index contributed by atoms with van der Waals surface area (Å²) in [4.78, 5) is 8.03. The minimum absolute atomic E-state index is 0.504. The van der Waals surface area contributed by atoms with Gasteiger partial charge in [-0.25, -0.2) is 9.97 Å². The SMILES string of the molecule is C=CCNCC(C)Sc1ccncn1. The first-order valence-corrected chi connectivity index (χ1v) is 5.45. The quantitative estimate of drug-likeness (QED) is 0.335. The standard InChI is InChI=1S/C10H15N3S/c1-3-5-11-7-9(2)14-10-4-6-12-8-13-10/h3-4,6,8-9,11H,1,5,7H2,2H3. The molecule has 3 nitrogen and oxygen atoms in total. The Bertz CT molecular complexity index is 263. The molecule has 0 aliphatic carbocycles. The van der Waals surface area contributed by atoms with Crippen LogP contribution in [0, 0.1) is 0 Å². The monoisotopic (exact) mass is 209 g/mol. The molecule has 0 saturated carbocycles. The molecule has 0 aliphatic heterocycles. The van der Waals surface area contributed by atoms with Crippen molar-refractivity contribution in [3.05, 3.63) is 31.2 Å². The van der Waals surface area contributed by atoms with Gasteiger partial charge >= 0.3 is 0 Å². The second kappa shape index (κ2) is 6.56. The van der Waals surface area contributed by atoms with Gasteiger partial charge in [0.15, 0.2) is 0 Å². The van der Waals surface area contributed by atoms with E-state index >= 15 is 0 Å². The van der Waals surface area contributed by atoms with Gasteiger partial charge in [-0.15, -0.1) is 18.3 Å². The maximum Gasteiger partial charge on any atom is 0.116 e. The summed E-state index contributed by atoms with van der Waals surface area (Å²) in [5, 5.41) is 4.80. The molecule has 0 saturated heterocycles. The van der Waals surface area contributed by atoms with Gasteiger partial charge in [0.05, 0.1) is 5.03 Å². The van der Waals surface area contributed by atoms with Crippen LogP contribution in [0.15, 0.2) is 36.3 Å². The Balaban J connectivity index is 2.26. The Morgan fingerprint density at radius 2 is 2.57 bits per heavy atom. The van der Waals surface area contributed by atoms with Crippen LogP contribution in [-0.4, -0.2) is 28.3 Å². The smallest absolute Gasteiger partial charge is 0.116 e. The molecule has 1 aromatic rings. The maximum atomic E-state index is 4.15. The second-order valence-electron chi connectivity index (χ2n) is 2.92. The Morgan fingerprint density at radius 1 is 1.71 bits per heavy atom. The summed E-state index contributed by atoms with van der Waals surface area (Å²) < 4.78 is 0. The molecule has 1 aromatic heterocycles. The first-order chi connectivity index (χ1) is 6.83. The lowest BCUT2D eigenvalue weighted by atomic mass is 10.4. The van der Waals surface area contributed by atoms with Crippen LogP contribution >= 0.6 is 11.8 Å². The van der Waals surface area contributed by atoms with Crippen molar-refractivity contribution < 1.29 is 0 Å². The molecule has 0 aliphatic rings. The Kier molecular flexibility index (Phi) is 5.25. The van der Waals surface area contributed by atoms with Gasteiger partial charge < -0.3 is 5.32 Å². The first-order valence-electron chi connectivity index (χ1n) is 4.57. The first kappa shape index (κ1) is 11.2. The van der Waals surface area contributed by atoms with E-state index in [0.717, 1.165) is 18.1 Å². The van der Waals surface area contributed by atoms with E-state index in [0.29, 0.717) is 5.25 Å². The van der Waals surface area contributed by atoms with E-state index in [9.17, 15) is 0 Å². The number of nitrogens with one attached hydrogen (secondary N) is 1. The van der Waals surface area contributed by atoms with Crippen molar-refractivity contribution in [3.8, 4) is 0 Å². The third-order valence-electron chi connectivity index (χ3n) is 1.60. The zero-order valence-corrected chi connectivity index (χ0v) is 9.13. The summed E-state index contributed by atoms with van der Waals surface area (Å²) in [6, 6.07) is 1.93. The molecule has 4 heteroatoms. The van der Waals surface area contributed by atoms with E-state index in [-0.39, 0.29) is 0 Å². The lowest BCUT2D eigenvalue weighted by molar-refractivity contribution is 0.739. The summed E-state index contributed by atoms with van der Waals surface area (Å²) in [6.45, 7) is 7.64. The van der Waals surface area contributed by atoms with Gasteiger partial charge in [-0.2, -0.15) is 0 Å². The number of nitrogens with zero attached hydrogens (tertiary/aromatic N) is 2. The van der Waals surface area contributed by atoms with Crippen molar-refractivity contribution in [2.45, 2.75) is 17.2 Å². The molecule has 0 amide bonds. The van der Waals surface area contributed by atoms with Gasteiger partial charge in [-0.05, 0) is 6.07 Å². The van der Waals surface area contributed by atoms with E-state index in [1.807, 2.05) is 12.1 Å². The highest BCUT2D eigenvalue weighted by atomic mass is 32.2. The normalized spacial score (nSPS) is 12.4. The minimum Gasteiger partial charge on any atom is -0.312 e. The zero-order valence-electron chi connectivity index (χ0n) is 8.31. The van der Waals surface area contributed by atoms with Crippen molar-refractivity contribution in [2.75, 3.05) is 13.1 Å². The summed E-state index contributed by atoms with van der Waals surface area (Å²) in [7, 11) is 0. The van der Waals surface area contributed by atoms with Crippen LogP contribution < -0.4 is 5.32 Å². The molecule has 1 N–H and O–H groups in total. The van der Waals surface area contributed by atoms with Gasteiger partial charge in [0.2, 0.25) is 0 Å². The van der Waals surface area contributed by atoms with E-state index in [2.05, 4.69) is 28.8 Å². The van der Waals surface area contributed by atoms with E-state index in [1.54, 1.807) is 24.3 Å². The largest absolute Gasteiger partial charge is 0.312 e. The molecule has 1 unspecified atom stereocenters. The van der Waals surface area contributed by atoms with Crippen LogP contribution in [-0.2, 0) is 0 Å². The Morgan fingerprint density at radius 3 is 3.21 bits per heavy atom. The van der Waals surface area contributed by atoms with Crippen molar-refractivity contribution in [2.24, 2.45) is 0 Å². The summed E-state index contributed by atoms with van der Waals surface area (Å²) >= 11 is 1.75. The van der Waals surface area contributed by atoms with Gasteiger partial charge in [0.25, 0.3) is 0 Å². The lowest BCUT2D eigenvalue weighted by Crippen LogP contribution is -2.22. The van der Waals surface area contributed by atoms with Crippen molar-refractivity contribution >= 4 is 11.8 Å². The molecule has 0 spiro atoms. The molecular formula is C10H15N3S. The summed E-state index contributed by atoms with van der Waals surface area (Å²) in [5.74, 6) is 0. The Hall–Kier alpha value is -0.870. The number of aromatic nitrogens is 2. The number of hydrogen-bond donors (Lipinski definition) is 1. The molecule has 0 aromatic carbocycles. The second-order valence-corrected chi connectivity index (χ2v) is 4.38. The molecule has 0 fully saturated rings. The number of rotatable bonds is 6. The van der Waals surface area contributed by atoms with Crippen LogP contribution in [0.3, 0.4) is 0 Å². The average Bonchev–Trinajstić information content (AvgIpc) is 2.20. The van der Waals surface area contributed by atoms with Crippen molar-refractivity contribution in [3.63, 3.8) is 0 Å². The van der Waals surface area contributed by atoms with Crippen molar-refractivity contribution in [1.82, 2.24) is 15.3 Å². The van der Waals surface area contributed by atoms with Gasteiger partial charge in [-0.3, -0.25) is 0 Å². The van der Waals surface area contributed by atoms with Gasteiger partial charge in [0, 0.05) is 24.5 Å². The summed E-state index contributed by atoms with van der Waals surface area (Å²) in [6.07, 6.45) is 5.20. The van der Waals surface area contributed by atoms with E-state index < -0.39 is 0 Å². The lowest BCUT2D eigenvalue weighted by Gasteiger charge is -2.10. The van der Waals surface area contributed by atoms with Crippen LogP contribution in [0.1, 0.15) is 6.92 Å². The molecule has 76 valence electrons. The zero-order chi connectivity index (χ0) is 10.2. The fourth-order valence-corrected chi connectivity index (χ4v) is 1.85. The minimum atomic E-state index is 0.504. The molecule has 1 heterocycles. The van der Waals surface area contributed by atoms with Gasteiger partial charge in [-0.1, -0.05) is 13.0 Å². The van der Waals surface area contributed by atoms with E-state index in [4.69, 9.17) is 0 Å². The fraction of sp³-hybridized carbons (Fsp3) is 0.400. The highest BCUT2D eigenvalue weighted by Crippen LogP contribution is 2.18. The molecular weight excluding hydrogens is 194 g/mol. The Labute approximate surface area is 89.0 Å². The molecule has 0 radical (unpaired) electrons. The third kappa shape index (κ3) is 4.39. The maximum absolute atomic E-state index is 4.15. The number of hydrogen-bond acceptors (Lipinski definition) is 4. The molecule has 0 bridgehead atoms. The van der Waals surface area contributed by atoms with Crippen molar-refractivity contribution in [1.29, 1.82) is 0 Å². The predicted molar refractivity (Wildman–Crippen MR) is 60.4 cm³/mol.